The molecule has 0 aliphatic rings. The molecular weight excluding hydrogens is 241 g/mol. The van der Waals surface area contributed by atoms with Gasteiger partial charge in [0.05, 0.1) is 17.4 Å². The van der Waals surface area contributed by atoms with E-state index in [1.165, 1.54) is 0 Å². The van der Waals surface area contributed by atoms with E-state index >= 15 is 0 Å². The van der Waals surface area contributed by atoms with Crippen LogP contribution in [0.4, 0.5) is 18.9 Å². The largest absolute Gasteiger partial charge is 0.478 e. The number of hydrogen-bond donors (Lipinski definition) is 1. The van der Waals surface area contributed by atoms with Crippen molar-refractivity contribution in [2.24, 2.45) is 0 Å². The van der Waals surface area contributed by atoms with Crippen LogP contribution in [0.3, 0.4) is 0 Å². The molecule has 0 radical (unpaired) electrons. The van der Waals surface area contributed by atoms with E-state index in [1.807, 2.05) is 0 Å². The fraction of sp³-hybridized carbons (Fsp3) is 0.222. The molecule has 17 heavy (non-hydrogen) atoms. The number of halogens is 3. The second-order valence-corrected chi connectivity index (χ2v) is 3.10. The summed E-state index contributed by atoms with van der Waals surface area (Å²) in [7, 11) is 0.887. The predicted molar refractivity (Wildman–Crippen MR) is 50.7 cm³/mol. The van der Waals surface area contributed by atoms with Gasteiger partial charge in [-0.15, -0.1) is 0 Å². The molecule has 0 atom stereocenters. The third-order valence-electron chi connectivity index (χ3n) is 1.91. The number of aromatic nitrogens is 1. The molecule has 0 spiro atoms. The number of carbonyl (C=O) groups is 2. The highest BCUT2D eigenvalue weighted by Crippen LogP contribution is 2.22. The van der Waals surface area contributed by atoms with Crippen molar-refractivity contribution in [1.29, 1.82) is 0 Å². The highest BCUT2D eigenvalue weighted by molar-refractivity contribution is 5.97. The van der Waals surface area contributed by atoms with Crippen LogP contribution in [0.25, 0.3) is 0 Å². The van der Waals surface area contributed by atoms with Gasteiger partial charge in [-0.05, 0) is 6.07 Å². The summed E-state index contributed by atoms with van der Waals surface area (Å²) in [6.07, 6.45) is -3.08. The number of amides is 1. The highest BCUT2D eigenvalue weighted by Gasteiger charge is 2.41. The van der Waals surface area contributed by atoms with Gasteiger partial charge in [0.15, 0.2) is 0 Å². The van der Waals surface area contributed by atoms with Crippen LogP contribution in [-0.4, -0.2) is 35.2 Å². The molecule has 0 aliphatic carbocycles. The summed E-state index contributed by atoms with van der Waals surface area (Å²) >= 11 is 0. The van der Waals surface area contributed by atoms with Crippen molar-refractivity contribution in [1.82, 2.24) is 4.98 Å². The van der Waals surface area contributed by atoms with Crippen molar-refractivity contribution >= 4 is 17.6 Å². The molecule has 0 aliphatic heterocycles. The van der Waals surface area contributed by atoms with Crippen LogP contribution in [-0.2, 0) is 4.79 Å². The summed E-state index contributed by atoms with van der Waals surface area (Å²) in [6, 6.07) is 0.930. The summed E-state index contributed by atoms with van der Waals surface area (Å²) in [5.41, 5.74) is -0.545. The molecule has 0 aromatic carbocycles. The Bertz CT molecular complexity index is 459. The van der Waals surface area contributed by atoms with E-state index in [1.54, 1.807) is 0 Å². The van der Waals surface area contributed by atoms with Gasteiger partial charge in [0.1, 0.15) is 0 Å². The molecule has 92 valence electrons. The first-order valence-corrected chi connectivity index (χ1v) is 4.26. The molecule has 1 aromatic heterocycles. The lowest BCUT2D eigenvalue weighted by Crippen LogP contribution is -2.38. The Morgan fingerprint density at radius 1 is 1.35 bits per heavy atom. The maximum absolute atomic E-state index is 12.1. The van der Waals surface area contributed by atoms with Gasteiger partial charge >= 0.3 is 18.1 Å². The quantitative estimate of drug-likeness (QED) is 0.856. The molecule has 1 heterocycles. The third-order valence-corrected chi connectivity index (χ3v) is 1.91. The third kappa shape index (κ3) is 2.92. The highest BCUT2D eigenvalue weighted by atomic mass is 19.4. The lowest BCUT2D eigenvalue weighted by molar-refractivity contribution is -0.170. The molecule has 5 nitrogen and oxygen atoms in total. The van der Waals surface area contributed by atoms with Crippen LogP contribution in [0.5, 0.6) is 0 Å². The number of rotatable bonds is 2. The number of carboxylic acids is 1. The van der Waals surface area contributed by atoms with Gasteiger partial charge in [-0.3, -0.25) is 9.78 Å². The minimum absolute atomic E-state index is 0.243. The second kappa shape index (κ2) is 4.40. The first kappa shape index (κ1) is 12.9. The zero-order valence-electron chi connectivity index (χ0n) is 8.52. The van der Waals surface area contributed by atoms with Gasteiger partial charge < -0.3 is 10.0 Å². The molecule has 8 heteroatoms. The van der Waals surface area contributed by atoms with E-state index in [0.29, 0.717) is 4.90 Å². The second-order valence-electron chi connectivity index (χ2n) is 3.10. The fourth-order valence-corrected chi connectivity index (χ4v) is 1.04. The molecule has 0 saturated carbocycles. The number of hydrogen-bond acceptors (Lipinski definition) is 3. The number of nitrogens with zero attached hydrogens (tertiary/aromatic N) is 2. The summed E-state index contributed by atoms with van der Waals surface area (Å²) in [4.78, 5) is 25.2. The molecule has 1 rings (SSSR count). The molecule has 1 N–H and O–H groups in total. The number of carbonyl (C=O) groups excluding carboxylic acids is 1. The van der Waals surface area contributed by atoms with Crippen molar-refractivity contribution < 1.29 is 27.9 Å². The van der Waals surface area contributed by atoms with E-state index < -0.39 is 18.1 Å². The number of anilines is 1. The van der Waals surface area contributed by atoms with Crippen LogP contribution >= 0.6 is 0 Å². The van der Waals surface area contributed by atoms with Crippen LogP contribution in [0.1, 0.15) is 10.4 Å². The maximum atomic E-state index is 12.1. The van der Waals surface area contributed by atoms with Gasteiger partial charge in [-0.1, -0.05) is 0 Å². The monoisotopic (exact) mass is 248 g/mol. The average Bonchev–Trinajstić information content (AvgIpc) is 2.26. The van der Waals surface area contributed by atoms with Gasteiger partial charge in [0.25, 0.3) is 0 Å². The zero-order valence-corrected chi connectivity index (χ0v) is 8.52. The molecule has 1 amide bonds. The topological polar surface area (TPSA) is 70.5 Å². The maximum Gasteiger partial charge on any atom is 0.471 e. The summed E-state index contributed by atoms with van der Waals surface area (Å²) in [5.74, 6) is -3.44. The molecule has 0 fully saturated rings. The smallest absolute Gasteiger partial charge is 0.471 e. The molecule has 0 bridgehead atoms. The van der Waals surface area contributed by atoms with Gasteiger partial charge in [-0.2, -0.15) is 13.2 Å². The van der Waals surface area contributed by atoms with Gasteiger partial charge in [-0.25, -0.2) is 4.79 Å². The van der Waals surface area contributed by atoms with Crippen molar-refractivity contribution in [3.05, 3.63) is 24.0 Å². The normalized spacial score (nSPS) is 11.1. The Hall–Kier alpha value is -2.12. The summed E-state index contributed by atoms with van der Waals surface area (Å²) in [6.45, 7) is 0. The first-order valence-electron chi connectivity index (χ1n) is 4.26. The number of aromatic carboxylic acids is 1. The number of alkyl halides is 3. The summed E-state index contributed by atoms with van der Waals surface area (Å²) in [5, 5.41) is 8.62. The average molecular weight is 248 g/mol. The number of pyridine rings is 1. The van der Waals surface area contributed by atoms with E-state index in [0.717, 1.165) is 25.5 Å². The number of carboxylic acid groups (broad SMARTS) is 1. The molecule has 0 saturated heterocycles. The Labute approximate surface area is 93.5 Å². The van der Waals surface area contributed by atoms with Crippen molar-refractivity contribution in [3.63, 3.8) is 0 Å². The van der Waals surface area contributed by atoms with Crippen molar-refractivity contribution in [3.8, 4) is 0 Å². The minimum atomic E-state index is -5.02. The fourth-order valence-electron chi connectivity index (χ4n) is 1.04. The van der Waals surface area contributed by atoms with Crippen molar-refractivity contribution in [2.45, 2.75) is 6.18 Å². The van der Waals surface area contributed by atoms with Crippen LogP contribution in [0.2, 0.25) is 0 Å². The predicted octanol–water partition coefficient (Wildman–Crippen LogP) is 1.30. The molecular formula is C9H7F3N2O3. The van der Waals surface area contributed by atoms with Crippen LogP contribution in [0, 0.1) is 0 Å². The lowest BCUT2D eigenvalue weighted by atomic mass is 10.2. The standard InChI is InChI=1S/C9H7F3N2O3/c1-14(8(17)9(10,11)12)6-2-5(7(15)16)3-13-4-6/h2-4H,1H3,(H,15,16). The Morgan fingerprint density at radius 2 is 1.94 bits per heavy atom. The SMILES string of the molecule is CN(C(=O)C(F)(F)F)c1cncc(C(=O)O)c1. The first-order chi connectivity index (χ1) is 7.73. The molecule has 0 unspecified atom stereocenters. The Morgan fingerprint density at radius 3 is 2.41 bits per heavy atom. The van der Waals surface area contributed by atoms with Crippen LogP contribution in [0.15, 0.2) is 18.5 Å². The van der Waals surface area contributed by atoms with Crippen LogP contribution < -0.4 is 4.90 Å². The Kier molecular flexibility index (Phi) is 3.35. The van der Waals surface area contributed by atoms with E-state index in [4.69, 9.17) is 5.11 Å². The lowest BCUT2D eigenvalue weighted by Gasteiger charge is -2.18. The van der Waals surface area contributed by atoms with Crippen molar-refractivity contribution in [2.75, 3.05) is 11.9 Å². The van der Waals surface area contributed by atoms with Gasteiger partial charge in [0, 0.05) is 13.2 Å². The zero-order chi connectivity index (χ0) is 13.2. The summed E-state index contributed by atoms with van der Waals surface area (Å²) < 4.78 is 36.3. The Balaban J connectivity index is 3.05. The minimum Gasteiger partial charge on any atom is -0.478 e. The van der Waals surface area contributed by atoms with E-state index in [2.05, 4.69) is 4.98 Å². The molecule has 1 aromatic rings. The van der Waals surface area contributed by atoms with Gasteiger partial charge in [0.2, 0.25) is 0 Å². The van der Waals surface area contributed by atoms with E-state index in [9.17, 15) is 22.8 Å². The van der Waals surface area contributed by atoms with E-state index in [-0.39, 0.29) is 11.3 Å².